The summed E-state index contributed by atoms with van der Waals surface area (Å²) in [5.74, 6) is 1.35. The molecule has 0 radical (unpaired) electrons. The van der Waals surface area contributed by atoms with Crippen molar-refractivity contribution in [3.05, 3.63) is 46.3 Å². The van der Waals surface area contributed by atoms with Crippen molar-refractivity contribution in [2.24, 2.45) is 10.7 Å². The van der Waals surface area contributed by atoms with Crippen LogP contribution < -0.4 is 11.1 Å². The van der Waals surface area contributed by atoms with Gasteiger partial charge in [0.1, 0.15) is 5.76 Å². The van der Waals surface area contributed by atoms with E-state index in [0.717, 1.165) is 48.4 Å². The Morgan fingerprint density at radius 3 is 2.88 bits per heavy atom. The van der Waals surface area contributed by atoms with E-state index in [2.05, 4.69) is 47.5 Å². The second-order valence-electron chi connectivity index (χ2n) is 6.21. The number of nitrogens with one attached hydrogen (secondary N) is 1. The third-order valence-electron chi connectivity index (χ3n) is 4.67. The van der Waals surface area contributed by atoms with Crippen LogP contribution in [0.3, 0.4) is 0 Å². The molecular formula is C19H26N4O. The molecule has 0 bridgehead atoms. The molecule has 0 saturated carbocycles. The van der Waals surface area contributed by atoms with Crippen molar-refractivity contribution in [3.8, 4) is 0 Å². The number of hydrogen-bond acceptors (Lipinski definition) is 3. The minimum atomic E-state index is 0.444. The maximum absolute atomic E-state index is 6.13. The molecule has 1 aromatic heterocycles. The number of rotatable bonds is 5. The van der Waals surface area contributed by atoms with Crippen molar-refractivity contribution >= 4 is 11.6 Å². The third-order valence-corrected chi connectivity index (χ3v) is 4.67. The molecule has 2 aromatic rings. The first-order chi connectivity index (χ1) is 11.7. The molecule has 5 nitrogen and oxygen atoms in total. The Morgan fingerprint density at radius 1 is 1.25 bits per heavy atom. The van der Waals surface area contributed by atoms with Crippen molar-refractivity contribution in [2.45, 2.75) is 58.9 Å². The zero-order valence-corrected chi connectivity index (χ0v) is 14.6. The summed E-state index contributed by atoms with van der Waals surface area (Å²) in [4.78, 5) is 4.51. The maximum Gasteiger partial charge on any atom is 0.193 e. The van der Waals surface area contributed by atoms with Crippen molar-refractivity contribution in [2.75, 3.05) is 5.32 Å². The monoisotopic (exact) mass is 326 g/mol. The summed E-state index contributed by atoms with van der Waals surface area (Å²) in [5, 5.41) is 7.40. The van der Waals surface area contributed by atoms with Gasteiger partial charge in [0.15, 0.2) is 5.96 Å². The largest absolute Gasteiger partial charge is 0.370 e. The highest BCUT2D eigenvalue weighted by molar-refractivity contribution is 5.93. The lowest BCUT2D eigenvalue weighted by Gasteiger charge is -2.19. The zero-order valence-electron chi connectivity index (χ0n) is 14.6. The fourth-order valence-electron chi connectivity index (χ4n) is 3.36. The van der Waals surface area contributed by atoms with Crippen LogP contribution in [0.1, 0.15) is 54.8 Å². The van der Waals surface area contributed by atoms with E-state index < -0.39 is 0 Å². The van der Waals surface area contributed by atoms with Crippen LogP contribution in [-0.2, 0) is 32.2 Å². The van der Waals surface area contributed by atoms with Gasteiger partial charge in [0.05, 0.1) is 12.2 Å². The van der Waals surface area contributed by atoms with Gasteiger partial charge in [0, 0.05) is 17.7 Å². The number of anilines is 1. The Balaban J connectivity index is 1.75. The highest BCUT2D eigenvalue weighted by Crippen LogP contribution is 2.27. The summed E-state index contributed by atoms with van der Waals surface area (Å²) in [6.45, 7) is 4.64. The predicted octanol–water partition coefficient (Wildman–Crippen LogP) is 3.61. The summed E-state index contributed by atoms with van der Waals surface area (Å²) >= 11 is 0. The average molecular weight is 326 g/mol. The topological polar surface area (TPSA) is 76.4 Å². The Morgan fingerprint density at radius 2 is 2.08 bits per heavy atom. The molecule has 1 aliphatic rings. The molecule has 0 amide bonds. The van der Waals surface area contributed by atoms with Crippen LogP contribution in [0.2, 0.25) is 0 Å². The molecule has 0 aliphatic heterocycles. The molecule has 1 heterocycles. The molecule has 0 unspecified atom stereocenters. The lowest BCUT2D eigenvalue weighted by atomic mass is 9.90. The van der Waals surface area contributed by atoms with Crippen molar-refractivity contribution in [1.29, 1.82) is 0 Å². The molecule has 3 N–H and O–H groups in total. The van der Waals surface area contributed by atoms with Crippen LogP contribution in [0.4, 0.5) is 5.69 Å². The fraction of sp³-hybridized carbons (Fsp3) is 0.474. The number of benzene rings is 1. The van der Waals surface area contributed by atoms with Gasteiger partial charge in [-0.1, -0.05) is 31.1 Å². The molecule has 5 heteroatoms. The van der Waals surface area contributed by atoms with E-state index in [0.29, 0.717) is 12.5 Å². The molecule has 1 aliphatic carbocycles. The molecule has 0 spiro atoms. The molecule has 1 aromatic carbocycles. The van der Waals surface area contributed by atoms with Crippen LogP contribution in [0.5, 0.6) is 0 Å². The molecule has 0 saturated heterocycles. The van der Waals surface area contributed by atoms with Gasteiger partial charge in [-0.05, 0) is 49.3 Å². The summed E-state index contributed by atoms with van der Waals surface area (Å²) in [5.41, 5.74) is 12.1. The quantitative estimate of drug-likeness (QED) is 0.650. The van der Waals surface area contributed by atoms with E-state index in [-0.39, 0.29) is 0 Å². The number of aryl methyl sites for hydroxylation is 3. The second-order valence-corrected chi connectivity index (χ2v) is 6.21. The number of nitrogens with zero attached hydrogens (tertiary/aromatic N) is 2. The average Bonchev–Trinajstić information content (AvgIpc) is 3.02. The van der Waals surface area contributed by atoms with Gasteiger partial charge in [-0.2, -0.15) is 0 Å². The molecule has 0 atom stereocenters. The van der Waals surface area contributed by atoms with Crippen molar-refractivity contribution in [1.82, 2.24) is 5.16 Å². The standard InChI is InChI=1S/C19H26N4O/c1-3-16-15(18(4-2)24-23-16)12-21-19(20)22-17-11-7-9-13-8-5-6-10-14(13)17/h7,9,11H,3-6,8,10,12H2,1-2H3,(H3,20,21,22). The second kappa shape index (κ2) is 7.51. The van der Waals surface area contributed by atoms with Crippen LogP contribution in [0, 0.1) is 0 Å². The summed E-state index contributed by atoms with van der Waals surface area (Å²) in [7, 11) is 0. The van der Waals surface area contributed by atoms with E-state index in [9.17, 15) is 0 Å². The van der Waals surface area contributed by atoms with Gasteiger partial charge in [0.2, 0.25) is 0 Å². The fourth-order valence-corrected chi connectivity index (χ4v) is 3.36. The normalized spacial score (nSPS) is 14.5. The van der Waals surface area contributed by atoms with Crippen LogP contribution in [-0.4, -0.2) is 11.1 Å². The SMILES string of the molecule is CCc1noc(CC)c1CN=C(N)Nc1cccc2c1CCCC2. The lowest BCUT2D eigenvalue weighted by molar-refractivity contribution is 0.380. The maximum atomic E-state index is 6.13. The van der Waals surface area contributed by atoms with Gasteiger partial charge in [-0.25, -0.2) is 4.99 Å². The highest BCUT2D eigenvalue weighted by atomic mass is 16.5. The van der Waals surface area contributed by atoms with E-state index >= 15 is 0 Å². The lowest BCUT2D eigenvalue weighted by Crippen LogP contribution is -2.24. The predicted molar refractivity (Wildman–Crippen MR) is 97.3 cm³/mol. The summed E-state index contributed by atoms with van der Waals surface area (Å²) < 4.78 is 5.38. The first-order valence-corrected chi connectivity index (χ1v) is 8.86. The van der Waals surface area contributed by atoms with Gasteiger partial charge < -0.3 is 15.6 Å². The summed E-state index contributed by atoms with van der Waals surface area (Å²) in [6, 6.07) is 6.39. The minimum Gasteiger partial charge on any atom is -0.370 e. The number of fused-ring (bicyclic) bond motifs is 1. The number of aromatic nitrogens is 1. The molecule has 24 heavy (non-hydrogen) atoms. The van der Waals surface area contributed by atoms with Crippen LogP contribution in [0.15, 0.2) is 27.7 Å². The first kappa shape index (κ1) is 16.6. The van der Waals surface area contributed by atoms with Gasteiger partial charge in [-0.15, -0.1) is 0 Å². The van der Waals surface area contributed by atoms with Gasteiger partial charge in [0.25, 0.3) is 0 Å². The van der Waals surface area contributed by atoms with Crippen LogP contribution in [0.25, 0.3) is 0 Å². The number of guanidine groups is 1. The van der Waals surface area contributed by atoms with Crippen molar-refractivity contribution in [3.63, 3.8) is 0 Å². The zero-order chi connectivity index (χ0) is 16.9. The Hall–Kier alpha value is -2.30. The van der Waals surface area contributed by atoms with E-state index in [4.69, 9.17) is 10.3 Å². The minimum absolute atomic E-state index is 0.444. The van der Waals surface area contributed by atoms with Gasteiger partial charge in [-0.3, -0.25) is 0 Å². The molecule has 0 fully saturated rings. The Bertz CT molecular complexity index is 711. The molecule has 128 valence electrons. The number of aliphatic imine (C=N–C) groups is 1. The molecule has 3 rings (SSSR count). The smallest absolute Gasteiger partial charge is 0.193 e. The van der Waals surface area contributed by atoms with Crippen molar-refractivity contribution < 1.29 is 4.52 Å². The van der Waals surface area contributed by atoms with E-state index in [1.54, 1.807) is 0 Å². The Labute approximate surface area is 143 Å². The van der Waals surface area contributed by atoms with Gasteiger partial charge >= 0.3 is 0 Å². The first-order valence-electron chi connectivity index (χ1n) is 8.86. The number of hydrogen-bond donors (Lipinski definition) is 2. The Kier molecular flexibility index (Phi) is 5.18. The van der Waals surface area contributed by atoms with E-state index in [1.165, 1.54) is 24.0 Å². The highest BCUT2D eigenvalue weighted by Gasteiger charge is 2.14. The number of nitrogens with two attached hydrogens (primary N) is 1. The summed E-state index contributed by atoms with van der Waals surface area (Å²) in [6.07, 6.45) is 6.43. The van der Waals surface area contributed by atoms with E-state index in [1.807, 2.05) is 0 Å². The van der Waals surface area contributed by atoms with Crippen LogP contribution >= 0.6 is 0 Å². The molecular weight excluding hydrogens is 300 g/mol. The third kappa shape index (κ3) is 3.45.